The van der Waals surface area contributed by atoms with Crippen LogP contribution in [0.2, 0.25) is 0 Å². The molecule has 1 unspecified atom stereocenters. The molecule has 0 spiro atoms. The van der Waals surface area contributed by atoms with Gasteiger partial charge in [-0.1, -0.05) is 20.8 Å². The molecule has 5 nitrogen and oxygen atoms in total. The van der Waals surface area contributed by atoms with Gasteiger partial charge in [0.1, 0.15) is 6.04 Å². The van der Waals surface area contributed by atoms with Crippen molar-refractivity contribution in [1.82, 2.24) is 10.2 Å². The largest absolute Gasteiger partial charge is 0.480 e. The van der Waals surface area contributed by atoms with Gasteiger partial charge >= 0.3 is 12.0 Å². The number of carbonyl (C=O) groups is 2. The van der Waals surface area contributed by atoms with Crippen molar-refractivity contribution in [2.75, 3.05) is 6.54 Å². The lowest BCUT2D eigenvalue weighted by Gasteiger charge is -2.25. The van der Waals surface area contributed by atoms with E-state index in [1.54, 1.807) is 11.8 Å². The van der Waals surface area contributed by atoms with Gasteiger partial charge in [-0.25, -0.2) is 9.59 Å². The molecule has 1 aliphatic rings. The second kappa shape index (κ2) is 6.61. The molecule has 1 aliphatic carbocycles. The van der Waals surface area contributed by atoms with Crippen molar-refractivity contribution < 1.29 is 14.7 Å². The molecule has 1 fully saturated rings. The molecule has 1 rings (SSSR count). The summed E-state index contributed by atoms with van der Waals surface area (Å²) in [6, 6.07) is -0.694. The van der Waals surface area contributed by atoms with Crippen LogP contribution in [-0.4, -0.2) is 40.6 Å². The molecule has 2 amide bonds. The van der Waals surface area contributed by atoms with E-state index < -0.39 is 12.0 Å². The first-order chi connectivity index (χ1) is 8.45. The zero-order valence-corrected chi connectivity index (χ0v) is 11.5. The van der Waals surface area contributed by atoms with Crippen LogP contribution in [-0.2, 0) is 4.79 Å². The van der Waals surface area contributed by atoms with Crippen molar-refractivity contribution >= 4 is 12.0 Å². The predicted octanol–water partition coefficient (Wildman–Crippen LogP) is 2.07. The van der Waals surface area contributed by atoms with Crippen molar-refractivity contribution in [3.05, 3.63) is 0 Å². The topological polar surface area (TPSA) is 69.6 Å². The Bertz CT molecular complexity index is 301. The molecule has 1 saturated carbocycles. The van der Waals surface area contributed by atoms with Gasteiger partial charge in [-0.15, -0.1) is 0 Å². The fourth-order valence-corrected chi connectivity index (χ4v) is 1.80. The molecule has 104 valence electrons. The fourth-order valence-electron chi connectivity index (χ4n) is 1.80. The first kappa shape index (κ1) is 14.8. The number of hydrogen-bond acceptors (Lipinski definition) is 2. The number of nitrogens with zero attached hydrogens (tertiary/aromatic N) is 1. The highest BCUT2D eigenvalue weighted by atomic mass is 16.4. The van der Waals surface area contributed by atoms with Crippen molar-refractivity contribution in [1.29, 1.82) is 0 Å². The van der Waals surface area contributed by atoms with E-state index in [0.717, 1.165) is 19.3 Å². The Kier molecular flexibility index (Phi) is 5.44. The van der Waals surface area contributed by atoms with Crippen LogP contribution in [0.1, 0.15) is 46.5 Å². The maximum atomic E-state index is 12.1. The number of rotatable bonds is 7. The average molecular weight is 256 g/mol. The minimum Gasteiger partial charge on any atom is -0.480 e. The van der Waals surface area contributed by atoms with Crippen LogP contribution in [0.15, 0.2) is 0 Å². The third-order valence-corrected chi connectivity index (χ3v) is 3.20. The predicted molar refractivity (Wildman–Crippen MR) is 69.4 cm³/mol. The quantitative estimate of drug-likeness (QED) is 0.732. The van der Waals surface area contributed by atoms with Crippen molar-refractivity contribution in [3.63, 3.8) is 0 Å². The van der Waals surface area contributed by atoms with Gasteiger partial charge in [0.05, 0.1) is 0 Å². The Morgan fingerprint density at radius 2 is 2.00 bits per heavy atom. The molecule has 0 aromatic rings. The summed E-state index contributed by atoms with van der Waals surface area (Å²) in [5.41, 5.74) is 0. The van der Waals surface area contributed by atoms with E-state index in [9.17, 15) is 9.59 Å². The summed E-state index contributed by atoms with van der Waals surface area (Å²) < 4.78 is 0. The molecule has 0 bridgehead atoms. The summed E-state index contributed by atoms with van der Waals surface area (Å²) in [4.78, 5) is 24.8. The minimum absolute atomic E-state index is 0.229. The number of urea groups is 1. The van der Waals surface area contributed by atoms with Crippen LogP contribution in [0.3, 0.4) is 0 Å². The van der Waals surface area contributed by atoms with Crippen molar-refractivity contribution in [2.45, 2.75) is 58.5 Å². The molecule has 0 aromatic carbocycles. The highest BCUT2D eigenvalue weighted by Gasteiger charge is 2.33. The van der Waals surface area contributed by atoms with Crippen LogP contribution >= 0.6 is 0 Å². The lowest BCUT2D eigenvalue weighted by molar-refractivity contribution is -0.139. The Morgan fingerprint density at radius 3 is 2.39 bits per heavy atom. The van der Waals surface area contributed by atoms with Crippen LogP contribution < -0.4 is 5.32 Å². The van der Waals surface area contributed by atoms with Gasteiger partial charge in [0, 0.05) is 12.6 Å². The smallest absolute Gasteiger partial charge is 0.326 e. The summed E-state index contributed by atoms with van der Waals surface area (Å²) in [5.74, 6) is -0.425. The first-order valence-corrected chi connectivity index (χ1v) is 6.75. The fraction of sp³-hybridized carbons (Fsp3) is 0.846. The molecular formula is C13H24N2O3. The third-order valence-electron chi connectivity index (χ3n) is 3.20. The van der Waals surface area contributed by atoms with Gasteiger partial charge < -0.3 is 15.3 Å². The van der Waals surface area contributed by atoms with Crippen molar-refractivity contribution in [2.24, 2.45) is 5.92 Å². The maximum Gasteiger partial charge on any atom is 0.326 e. The van der Waals surface area contributed by atoms with E-state index in [2.05, 4.69) is 19.2 Å². The van der Waals surface area contributed by atoms with Gasteiger partial charge in [-0.2, -0.15) is 0 Å². The van der Waals surface area contributed by atoms with E-state index in [4.69, 9.17) is 5.11 Å². The molecule has 0 aromatic heterocycles. The summed E-state index contributed by atoms with van der Waals surface area (Å²) in [5, 5.41) is 11.5. The molecule has 1 atom stereocenters. The number of amides is 2. The number of carboxylic acids is 1. The van der Waals surface area contributed by atoms with E-state index >= 15 is 0 Å². The summed E-state index contributed by atoms with van der Waals surface area (Å²) in [6.07, 6.45) is 3.43. The van der Waals surface area contributed by atoms with Gasteiger partial charge in [-0.05, 0) is 31.6 Å². The Labute approximate surface area is 109 Å². The zero-order valence-electron chi connectivity index (χ0n) is 11.5. The second-order valence-corrected chi connectivity index (χ2v) is 5.36. The minimum atomic E-state index is -0.967. The molecular weight excluding hydrogens is 232 g/mol. The van der Waals surface area contributed by atoms with Crippen LogP contribution in [0, 0.1) is 5.92 Å². The zero-order chi connectivity index (χ0) is 13.7. The van der Waals surface area contributed by atoms with Gasteiger partial charge in [0.25, 0.3) is 0 Å². The van der Waals surface area contributed by atoms with Crippen LogP contribution in [0.5, 0.6) is 0 Å². The SMILES string of the molecule is CCC(NC(=O)N(CCC(C)C)C1CC1)C(=O)O. The number of carbonyl (C=O) groups excluding carboxylic acids is 1. The highest BCUT2D eigenvalue weighted by Crippen LogP contribution is 2.27. The van der Waals surface area contributed by atoms with E-state index in [0.29, 0.717) is 24.9 Å². The lowest BCUT2D eigenvalue weighted by atomic mass is 10.1. The van der Waals surface area contributed by atoms with Crippen molar-refractivity contribution in [3.8, 4) is 0 Å². The van der Waals surface area contributed by atoms with E-state index in [1.165, 1.54) is 0 Å². The van der Waals surface area contributed by atoms with Crippen LogP contribution in [0.25, 0.3) is 0 Å². The molecule has 5 heteroatoms. The third kappa shape index (κ3) is 4.55. The summed E-state index contributed by atoms with van der Waals surface area (Å²) in [6.45, 7) is 6.71. The normalized spacial score (nSPS) is 16.4. The molecule has 0 saturated heterocycles. The standard InChI is InChI=1S/C13H24N2O3/c1-4-11(12(16)17)14-13(18)15(10-5-6-10)8-7-9(2)3/h9-11H,4-8H2,1-3H3,(H,14,18)(H,16,17). The molecule has 2 N–H and O–H groups in total. The number of carboxylic acid groups (broad SMARTS) is 1. The molecule has 0 radical (unpaired) electrons. The van der Waals surface area contributed by atoms with Gasteiger partial charge in [0.15, 0.2) is 0 Å². The second-order valence-electron chi connectivity index (χ2n) is 5.36. The molecule has 18 heavy (non-hydrogen) atoms. The monoisotopic (exact) mass is 256 g/mol. The molecule has 0 aliphatic heterocycles. The number of aliphatic carboxylic acids is 1. The Hall–Kier alpha value is -1.26. The number of hydrogen-bond donors (Lipinski definition) is 2. The van der Waals surface area contributed by atoms with Gasteiger partial charge in [0.2, 0.25) is 0 Å². The van der Waals surface area contributed by atoms with Crippen LogP contribution in [0.4, 0.5) is 4.79 Å². The van der Waals surface area contributed by atoms with E-state index in [-0.39, 0.29) is 6.03 Å². The maximum absolute atomic E-state index is 12.1. The number of nitrogens with one attached hydrogen (secondary N) is 1. The molecule has 0 heterocycles. The highest BCUT2D eigenvalue weighted by molar-refractivity contribution is 5.82. The van der Waals surface area contributed by atoms with Gasteiger partial charge in [-0.3, -0.25) is 0 Å². The first-order valence-electron chi connectivity index (χ1n) is 6.75. The van der Waals surface area contributed by atoms with E-state index in [1.807, 2.05) is 0 Å². The summed E-state index contributed by atoms with van der Waals surface area (Å²) >= 11 is 0. The Morgan fingerprint density at radius 1 is 1.39 bits per heavy atom. The Balaban J connectivity index is 2.51. The average Bonchev–Trinajstić information content (AvgIpc) is 3.09. The lowest BCUT2D eigenvalue weighted by Crippen LogP contribution is -2.48. The summed E-state index contributed by atoms with van der Waals surface area (Å²) in [7, 11) is 0.